The summed E-state index contributed by atoms with van der Waals surface area (Å²) in [6.45, 7) is 5.76. The van der Waals surface area contributed by atoms with Gasteiger partial charge in [-0.3, -0.25) is 4.79 Å². The van der Waals surface area contributed by atoms with Crippen LogP contribution in [0.15, 0.2) is 48.5 Å². The van der Waals surface area contributed by atoms with E-state index < -0.39 is 0 Å². The quantitative estimate of drug-likeness (QED) is 0.517. The molecule has 0 atom stereocenters. The second-order valence-electron chi connectivity index (χ2n) is 6.97. The Kier molecular flexibility index (Phi) is 4.86. The molecule has 4 rings (SSSR count). The first kappa shape index (κ1) is 18.2. The lowest BCUT2D eigenvalue weighted by Gasteiger charge is -2.19. The molecule has 0 bridgehead atoms. The maximum absolute atomic E-state index is 13.0. The molecule has 144 valence electrons. The molecular formula is C22H25N5O. The fourth-order valence-corrected chi connectivity index (χ4v) is 3.73. The number of imidazole rings is 2. The largest absolute Gasteiger partial charge is 0.337 e. The molecule has 0 unspecified atom stereocenters. The molecule has 1 amide bonds. The van der Waals surface area contributed by atoms with Crippen LogP contribution in [0.4, 0.5) is 0 Å². The summed E-state index contributed by atoms with van der Waals surface area (Å²) in [5, 5.41) is 0. The lowest BCUT2D eigenvalue weighted by molar-refractivity contribution is -0.131. The zero-order valence-corrected chi connectivity index (χ0v) is 16.6. The van der Waals surface area contributed by atoms with Crippen LogP contribution in [0.25, 0.3) is 22.1 Å². The van der Waals surface area contributed by atoms with Crippen molar-refractivity contribution >= 4 is 28.0 Å². The van der Waals surface area contributed by atoms with E-state index >= 15 is 0 Å². The van der Waals surface area contributed by atoms with Gasteiger partial charge >= 0.3 is 0 Å². The van der Waals surface area contributed by atoms with Crippen LogP contribution in [0.3, 0.4) is 0 Å². The third kappa shape index (κ3) is 3.15. The Labute approximate surface area is 164 Å². The summed E-state index contributed by atoms with van der Waals surface area (Å²) in [5.41, 5.74) is 4.01. The smallest absolute Gasteiger partial charge is 0.242 e. The first-order valence-electron chi connectivity index (χ1n) is 9.74. The van der Waals surface area contributed by atoms with Crippen LogP contribution >= 0.6 is 0 Å². The van der Waals surface area contributed by atoms with Gasteiger partial charge in [0.15, 0.2) is 0 Å². The van der Waals surface area contributed by atoms with Crippen molar-refractivity contribution in [2.75, 3.05) is 7.05 Å². The number of carbonyl (C=O) groups excluding carboxylic acids is 1. The maximum atomic E-state index is 13.0. The molecular weight excluding hydrogens is 350 g/mol. The van der Waals surface area contributed by atoms with Crippen molar-refractivity contribution < 1.29 is 4.79 Å². The maximum Gasteiger partial charge on any atom is 0.242 e. The SMILES string of the molecule is CCc1nc2ccccc2n1CC(=O)N(C)Cc1nc2ccccc2n1CC. The average molecular weight is 375 g/mol. The predicted molar refractivity (Wildman–Crippen MR) is 111 cm³/mol. The molecule has 0 saturated heterocycles. The number of hydrogen-bond donors (Lipinski definition) is 0. The fraction of sp³-hybridized carbons (Fsp3) is 0.318. The van der Waals surface area contributed by atoms with Crippen molar-refractivity contribution in [1.29, 1.82) is 0 Å². The van der Waals surface area contributed by atoms with Gasteiger partial charge in [-0.1, -0.05) is 31.2 Å². The highest BCUT2D eigenvalue weighted by Gasteiger charge is 2.18. The lowest BCUT2D eigenvalue weighted by Crippen LogP contribution is -2.31. The Bertz CT molecular complexity index is 1140. The standard InChI is InChI=1S/C22H25N5O/c1-4-20-23-17-11-7-9-13-19(17)27(20)15-22(28)25(3)14-21-24-16-10-6-8-12-18(16)26(21)5-2/h6-13H,4-5,14-15H2,1-3H3. The van der Waals surface area contributed by atoms with E-state index in [0.29, 0.717) is 6.54 Å². The Morgan fingerprint density at radius 3 is 2.07 bits per heavy atom. The second-order valence-corrected chi connectivity index (χ2v) is 6.97. The van der Waals surface area contributed by atoms with Gasteiger partial charge in [-0.15, -0.1) is 0 Å². The number of aromatic nitrogens is 4. The number of carbonyl (C=O) groups is 1. The lowest BCUT2D eigenvalue weighted by atomic mass is 10.3. The number of nitrogens with zero attached hydrogens (tertiary/aromatic N) is 5. The van der Waals surface area contributed by atoms with E-state index in [-0.39, 0.29) is 12.5 Å². The highest BCUT2D eigenvalue weighted by atomic mass is 16.2. The normalized spacial score (nSPS) is 11.4. The Hall–Kier alpha value is -3.15. The number of aryl methyl sites for hydroxylation is 2. The van der Waals surface area contributed by atoms with Crippen LogP contribution in [0.2, 0.25) is 0 Å². The molecule has 2 heterocycles. The molecule has 0 radical (unpaired) electrons. The summed E-state index contributed by atoms with van der Waals surface area (Å²) in [4.78, 5) is 24.1. The zero-order chi connectivity index (χ0) is 19.7. The van der Waals surface area contributed by atoms with Crippen molar-refractivity contribution in [2.45, 2.75) is 39.9 Å². The molecule has 4 aromatic rings. The van der Waals surface area contributed by atoms with E-state index in [4.69, 9.17) is 4.98 Å². The van der Waals surface area contributed by atoms with Crippen LogP contribution in [-0.4, -0.2) is 37.0 Å². The monoisotopic (exact) mass is 375 g/mol. The molecule has 0 N–H and O–H groups in total. The minimum Gasteiger partial charge on any atom is -0.337 e. The molecule has 0 spiro atoms. The summed E-state index contributed by atoms with van der Waals surface area (Å²) in [7, 11) is 1.84. The predicted octanol–water partition coefficient (Wildman–Crippen LogP) is 3.63. The number of fused-ring (bicyclic) bond motifs is 2. The van der Waals surface area contributed by atoms with Gasteiger partial charge in [-0.2, -0.15) is 0 Å². The van der Waals surface area contributed by atoms with Crippen molar-refractivity contribution in [1.82, 2.24) is 24.0 Å². The summed E-state index contributed by atoms with van der Waals surface area (Å²) in [6.07, 6.45) is 0.789. The Morgan fingerprint density at radius 1 is 0.893 bits per heavy atom. The molecule has 2 aromatic heterocycles. The fourth-order valence-electron chi connectivity index (χ4n) is 3.73. The van der Waals surface area contributed by atoms with Crippen LogP contribution in [0.1, 0.15) is 25.5 Å². The second kappa shape index (κ2) is 7.46. The Balaban J connectivity index is 1.58. The molecule has 0 aliphatic heterocycles. The summed E-state index contributed by atoms with van der Waals surface area (Å²) in [6, 6.07) is 16.1. The summed E-state index contributed by atoms with van der Waals surface area (Å²) >= 11 is 0. The van der Waals surface area contributed by atoms with Crippen LogP contribution < -0.4 is 0 Å². The third-order valence-corrected chi connectivity index (χ3v) is 5.20. The van der Waals surface area contributed by atoms with Gasteiger partial charge in [0.25, 0.3) is 0 Å². The van der Waals surface area contributed by atoms with Crippen molar-refractivity contribution in [2.24, 2.45) is 0 Å². The van der Waals surface area contributed by atoms with Gasteiger partial charge in [0.05, 0.1) is 28.6 Å². The van der Waals surface area contributed by atoms with E-state index in [1.807, 2.05) is 54.1 Å². The molecule has 0 fully saturated rings. The van der Waals surface area contributed by atoms with Crippen molar-refractivity contribution in [3.05, 3.63) is 60.2 Å². The van der Waals surface area contributed by atoms with Gasteiger partial charge in [0.2, 0.25) is 5.91 Å². The number of benzene rings is 2. The van der Waals surface area contributed by atoms with Crippen LogP contribution in [-0.2, 0) is 30.8 Å². The average Bonchev–Trinajstić information content (AvgIpc) is 3.25. The minimum atomic E-state index is 0.0487. The first-order chi connectivity index (χ1) is 13.6. The number of hydrogen-bond acceptors (Lipinski definition) is 3. The Morgan fingerprint density at radius 2 is 1.46 bits per heavy atom. The first-order valence-corrected chi connectivity index (χ1v) is 9.74. The van der Waals surface area contributed by atoms with Gasteiger partial charge in [0, 0.05) is 20.0 Å². The highest BCUT2D eigenvalue weighted by Crippen LogP contribution is 2.19. The van der Waals surface area contributed by atoms with Crippen LogP contribution in [0.5, 0.6) is 0 Å². The van der Waals surface area contributed by atoms with E-state index in [1.54, 1.807) is 4.90 Å². The van der Waals surface area contributed by atoms with E-state index in [0.717, 1.165) is 46.7 Å². The van der Waals surface area contributed by atoms with Gasteiger partial charge in [-0.05, 0) is 31.2 Å². The third-order valence-electron chi connectivity index (χ3n) is 5.20. The molecule has 0 aliphatic carbocycles. The molecule has 0 saturated carbocycles. The molecule has 6 heteroatoms. The number of likely N-dealkylation sites (N-methyl/N-ethyl adjacent to an activating group) is 1. The van der Waals surface area contributed by atoms with E-state index in [9.17, 15) is 4.79 Å². The summed E-state index contributed by atoms with van der Waals surface area (Å²) in [5.74, 6) is 1.89. The minimum absolute atomic E-state index is 0.0487. The van der Waals surface area contributed by atoms with E-state index in [1.165, 1.54) is 0 Å². The van der Waals surface area contributed by atoms with Gasteiger partial charge in [-0.25, -0.2) is 9.97 Å². The number of amides is 1. The number of rotatable bonds is 6. The molecule has 28 heavy (non-hydrogen) atoms. The summed E-state index contributed by atoms with van der Waals surface area (Å²) < 4.78 is 4.19. The molecule has 0 aliphatic rings. The van der Waals surface area contributed by atoms with E-state index in [2.05, 4.69) is 29.5 Å². The van der Waals surface area contributed by atoms with Crippen LogP contribution in [0, 0.1) is 0 Å². The topological polar surface area (TPSA) is 56.0 Å². The zero-order valence-electron chi connectivity index (χ0n) is 16.6. The van der Waals surface area contributed by atoms with Gasteiger partial charge < -0.3 is 14.0 Å². The molecule has 6 nitrogen and oxygen atoms in total. The van der Waals surface area contributed by atoms with Crippen molar-refractivity contribution in [3.8, 4) is 0 Å². The highest BCUT2D eigenvalue weighted by molar-refractivity contribution is 5.81. The van der Waals surface area contributed by atoms with Gasteiger partial charge in [0.1, 0.15) is 18.2 Å². The molecule has 2 aromatic carbocycles. The number of para-hydroxylation sites is 4. The van der Waals surface area contributed by atoms with Crippen molar-refractivity contribution in [3.63, 3.8) is 0 Å².